The maximum absolute atomic E-state index is 11.2. The van der Waals surface area contributed by atoms with E-state index in [9.17, 15) is 9.90 Å². The van der Waals surface area contributed by atoms with Gasteiger partial charge in [-0.15, -0.1) is 0 Å². The molecule has 1 N–H and O–H groups in total. The van der Waals surface area contributed by atoms with Gasteiger partial charge in [0.15, 0.2) is 11.5 Å². The molecule has 0 aliphatic carbocycles. The standard InChI is InChI=1S/C15H12Cl2O4/c1-20-13-4-2-3-10(15(18)19)14(13)21-8-9-5-6-11(16)12(17)7-9/h2-7H,8H2,1H3,(H,18,19). The Kier molecular flexibility index (Phi) is 4.94. The third kappa shape index (κ3) is 3.60. The summed E-state index contributed by atoms with van der Waals surface area (Å²) < 4.78 is 10.7. The summed E-state index contributed by atoms with van der Waals surface area (Å²) in [7, 11) is 1.45. The predicted octanol–water partition coefficient (Wildman–Crippen LogP) is 4.28. The quantitative estimate of drug-likeness (QED) is 0.890. The van der Waals surface area contributed by atoms with Gasteiger partial charge in [0.25, 0.3) is 0 Å². The van der Waals surface area contributed by atoms with Crippen LogP contribution in [-0.2, 0) is 6.61 Å². The summed E-state index contributed by atoms with van der Waals surface area (Å²) in [4.78, 5) is 11.2. The Labute approximate surface area is 131 Å². The van der Waals surface area contributed by atoms with Crippen LogP contribution in [0.2, 0.25) is 10.0 Å². The van der Waals surface area contributed by atoms with E-state index >= 15 is 0 Å². The summed E-state index contributed by atoms with van der Waals surface area (Å²) in [6.45, 7) is 0.150. The maximum atomic E-state index is 11.2. The number of rotatable bonds is 5. The van der Waals surface area contributed by atoms with Gasteiger partial charge in [0.1, 0.15) is 12.2 Å². The van der Waals surface area contributed by atoms with Crippen LogP contribution in [0.5, 0.6) is 11.5 Å². The summed E-state index contributed by atoms with van der Waals surface area (Å²) in [5.74, 6) is -0.549. The summed E-state index contributed by atoms with van der Waals surface area (Å²) in [6.07, 6.45) is 0. The highest BCUT2D eigenvalue weighted by atomic mass is 35.5. The summed E-state index contributed by atoms with van der Waals surface area (Å²) in [6, 6.07) is 9.76. The van der Waals surface area contributed by atoms with Gasteiger partial charge in [0, 0.05) is 0 Å². The van der Waals surface area contributed by atoms with Crippen LogP contribution in [0.1, 0.15) is 15.9 Å². The fourth-order valence-electron chi connectivity index (χ4n) is 1.78. The van der Waals surface area contributed by atoms with E-state index in [0.29, 0.717) is 15.8 Å². The van der Waals surface area contributed by atoms with Crippen LogP contribution >= 0.6 is 23.2 Å². The van der Waals surface area contributed by atoms with Gasteiger partial charge in [0.2, 0.25) is 0 Å². The first kappa shape index (κ1) is 15.5. The first-order chi connectivity index (χ1) is 10.0. The highest BCUT2D eigenvalue weighted by Gasteiger charge is 2.16. The molecule has 0 saturated heterocycles. The number of ether oxygens (including phenoxy) is 2. The van der Waals surface area contributed by atoms with Crippen molar-refractivity contribution in [2.24, 2.45) is 0 Å². The van der Waals surface area contributed by atoms with E-state index in [1.54, 1.807) is 30.3 Å². The molecular weight excluding hydrogens is 315 g/mol. The molecule has 0 aliphatic rings. The van der Waals surface area contributed by atoms with Crippen molar-refractivity contribution in [1.82, 2.24) is 0 Å². The van der Waals surface area contributed by atoms with Crippen molar-refractivity contribution in [3.8, 4) is 11.5 Å². The number of carboxylic acids is 1. The zero-order valence-corrected chi connectivity index (χ0v) is 12.6. The molecule has 0 bridgehead atoms. The molecular formula is C15H12Cl2O4. The monoisotopic (exact) mass is 326 g/mol. The molecule has 0 unspecified atom stereocenters. The van der Waals surface area contributed by atoms with Crippen molar-refractivity contribution < 1.29 is 19.4 Å². The fraction of sp³-hybridized carbons (Fsp3) is 0.133. The van der Waals surface area contributed by atoms with E-state index in [0.717, 1.165) is 5.56 Å². The lowest BCUT2D eigenvalue weighted by Crippen LogP contribution is -2.05. The van der Waals surface area contributed by atoms with Crippen LogP contribution in [0, 0.1) is 0 Å². The third-order valence-electron chi connectivity index (χ3n) is 2.80. The van der Waals surface area contributed by atoms with Gasteiger partial charge in [-0.3, -0.25) is 0 Å². The molecule has 2 aromatic carbocycles. The lowest BCUT2D eigenvalue weighted by molar-refractivity contribution is 0.0691. The van der Waals surface area contributed by atoms with Gasteiger partial charge in [-0.25, -0.2) is 4.79 Å². The molecule has 6 heteroatoms. The van der Waals surface area contributed by atoms with E-state index < -0.39 is 5.97 Å². The molecule has 0 spiro atoms. The molecule has 2 aromatic rings. The smallest absolute Gasteiger partial charge is 0.339 e. The summed E-state index contributed by atoms with van der Waals surface area (Å²) in [5.41, 5.74) is 0.807. The minimum atomic E-state index is -1.09. The van der Waals surface area contributed by atoms with Crippen molar-refractivity contribution in [2.45, 2.75) is 6.61 Å². The van der Waals surface area contributed by atoms with Gasteiger partial charge in [-0.2, -0.15) is 0 Å². The van der Waals surface area contributed by atoms with Gasteiger partial charge >= 0.3 is 5.97 Å². The average molecular weight is 327 g/mol. The number of para-hydroxylation sites is 1. The average Bonchev–Trinajstić information content (AvgIpc) is 2.48. The number of methoxy groups -OCH3 is 1. The first-order valence-corrected chi connectivity index (χ1v) is 6.75. The van der Waals surface area contributed by atoms with E-state index in [-0.39, 0.29) is 17.9 Å². The Morgan fingerprint density at radius 2 is 1.95 bits per heavy atom. The SMILES string of the molecule is COc1cccc(C(=O)O)c1OCc1ccc(Cl)c(Cl)c1. The second-order valence-corrected chi connectivity index (χ2v) is 4.99. The molecule has 0 aromatic heterocycles. The van der Waals surface area contributed by atoms with E-state index in [1.807, 2.05) is 0 Å². The van der Waals surface area contributed by atoms with Gasteiger partial charge in [-0.1, -0.05) is 35.3 Å². The highest BCUT2D eigenvalue weighted by Crippen LogP contribution is 2.32. The lowest BCUT2D eigenvalue weighted by atomic mass is 10.2. The van der Waals surface area contributed by atoms with Crippen LogP contribution in [-0.4, -0.2) is 18.2 Å². The van der Waals surface area contributed by atoms with Crippen LogP contribution in [0.4, 0.5) is 0 Å². The second-order valence-electron chi connectivity index (χ2n) is 4.18. The molecule has 4 nitrogen and oxygen atoms in total. The predicted molar refractivity (Wildman–Crippen MR) is 80.7 cm³/mol. The molecule has 0 heterocycles. The van der Waals surface area contributed by atoms with E-state index in [1.165, 1.54) is 13.2 Å². The molecule has 0 atom stereocenters. The zero-order valence-electron chi connectivity index (χ0n) is 11.1. The summed E-state index contributed by atoms with van der Waals surface area (Å²) >= 11 is 11.8. The van der Waals surface area contributed by atoms with Crippen molar-refractivity contribution in [3.63, 3.8) is 0 Å². The van der Waals surface area contributed by atoms with Crippen molar-refractivity contribution in [3.05, 3.63) is 57.6 Å². The van der Waals surface area contributed by atoms with Crippen LogP contribution in [0.15, 0.2) is 36.4 Å². The van der Waals surface area contributed by atoms with Crippen LogP contribution in [0.3, 0.4) is 0 Å². The van der Waals surface area contributed by atoms with Crippen molar-refractivity contribution in [2.75, 3.05) is 7.11 Å². The molecule has 0 fully saturated rings. The highest BCUT2D eigenvalue weighted by molar-refractivity contribution is 6.42. The molecule has 0 saturated carbocycles. The number of halogens is 2. The Balaban J connectivity index is 2.26. The van der Waals surface area contributed by atoms with Crippen LogP contribution in [0.25, 0.3) is 0 Å². The minimum absolute atomic E-state index is 0.0365. The molecule has 110 valence electrons. The first-order valence-electron chi connectivity index (χ1n) is 6.00. The largest absolute Gasteiger partial charge is 0.493 e. The fourth-order valence-corrected chi connectivity index (χ4v) is 2.10. The molecule has 0 radical (unpaired) electrons. The second kappa shape index (κ2) is 6.70. The van der Waals surface area contributed by atoms with E-state index in [4.69, 9.17) is 32.7 Å². The number of carbonyl (C=O) groups is 1. The van der Waals surface area contributed by atoms with Crippen molar-refractivity contribution >= 4 is 29.2 Å². The zero-order chi connectivity index (χ0) is 15.4. The normalized spacial score (nSPS) is 10.2. The van der Waals surface area contributed by atoms with Gasteiger partial charge in [-0.05, 0) is 29.8 Å². The lowest BCUT2D eigenvalue weighted by Gasteiger charge is -2.13. The third-order valence-corrected chi connectivity index (χ3v) is 3.54. The Morgan fingerprint density at radius 1 is 1.19 bits per heavy atom. The Morgan fingerprint density at radius 3 is 2.57 bits per heavy atom. The number of hydrogen-bond donors (Lipinski definition) is 1. The van der Waals surface area contributed by atoms with E-state index in [2.05, 4.69) is 0 Å². The van der Waals surface area contributed by atoms with Gasteiger partial charge in [0.05, 0.1) is 17.2 Å². The molecule has 0 amide bonds. The molecule has 2 rings (SSSR count). The molecule has 21 heavy (non-hydrogen) atoms. The number of hydrogen-bond acceptors (Lipinski definition) is 3. The number of aromatic carboxylic acids is 1. The van der Waals surface area contributed by atoms with Gasteiger partial charge < -0.3 is 14.6 Å². The Bertz CT molecular complexity index is 671. The topological polar surface area (TPSA) is 55.8 Å². The van der Waals surface area contributed by atoms with Crippen LogP contribution < -0.4 is 9.47 Å². The summed E-state index contributed by atoms with van der Waals surface area (Å²) in [5, 5.41) is 10.1. The van der Waals surface area contributed by atoms with Crippen molar-refractivity contribution in [1.29, 1.82) is 0 Å². The minimum Gasteiger partial charge on any atom is -0.493 e. The Hall–Kier alpha value is -1.91. The maximum Gasteiger partial charge on any atom is 0.339 e. The number of carboxylic acid groups (broad SMARTS) is 1. The molecule has 0 aliphatic heterocycles. The number of benzene rings is 2.